The van der Waals surface area contributed by atoms with E-state index in [9.17, 15) is 14.3 Å². The van der Waals surface area contributed by atoms with Gasteiger partial charge in [0.05, 0.1) is 6.04 Å². The number of halogens is 1. The van der Waals surface area contributed by atoms with Crippen molar-refractivity contribution in [3.8, 4) is 11.3 Å². The molecule has 0 aliphatic carbocycles. The van der Waals surface area contributed by atoms with Crippen LogP contribution in [-0.2, 0) is 0 Å². The molecule has 1 aromatic heterocycles. The van der Waals surface area contributed by atoms with Crippen molar-refractivity contribution < 1.29 is 14.3 Å². The average molecular weight is 277 g/mol. The first-order valence-electron chi connectivity index (χ1n) is 6.49. The summed E-state index contributed by atoms with van der Waals surface area (Å²) in [7, 11) is 0. The first-order chi connectivity index (χ1) is 9.54. The number of aromatic nitrogens is 3. The van der Waals surface area contributed by atoms with Crippen LogP contribution in [-0.4, -0.2) is 26.1 Å². The van der Waals surface area contributed by atoms with Crippen LogP contribution in [0.1, 0.15) is 43.2 Å². The van der Waals surface area contributed by atoms with Crippen molar-refractivity contribution >= 4 is 5.97 Å². The lowest BCUT2D eigenvalue weighted by Gasteiger charge is -2.14. The van der Waals surface area contributed by atoms with Gasteiger partial charge >= 0.3 is 5.97 Å². The molecule has 0 bridgehead atoms. The Labute approximate surface area is 116 Å². The number of hydrogen-bond donors (Lipinski definition) is 1. The van der Waals surface area contributed by atoms with Crippen molar-refractivity contribution in [3.05, 3.63) is 35.8 Å². The van der Waals surface area contributed by atoms with E-state index in [0.29, 0.717) is 11.3 Å². The van der Waals surface area contributed by atoms with Crippen LogP contribution >= 0.6 is 0 Å². The molecular formula is C14H16FN3O2. The number of rotatable bonds is 5. The molecule has 0 aliphatic heterocycles. The molecule has 1 heterocycles. The molecule has 2 rings (SSSR count). The Morgan fingerprint density at radius 1 is 1.40 bits per heavy atom. The van der Waals surface area contributed by atoms with Crippen LogP contribution in [0.4, 0.5) is 4.39 Å². The maximum Gasteiger partial charge on any atom is 0.358 e. The van der Waals surface area contributed by atoms with E-state index in [-0.39, 0.29) is 17.6 Å². The molecule has 6 heteroatoms. The SMILES string of the molecule is CCCC(C)n1nnc(C(=O)O)c1-c1ccc(F)cc1. The van der Waals surface area contributed by atoms with Gasteiger partial charge in [0.2, 0.25) is 0 Å². The van der Waals surface area contributed by atoms with E-state index in [4.69, 9.17) is 0 Å². The predicted molar refractivity (Wildman–Crippen MR) is 72.0 cm³/mol. The van der Waals surface area contributed by atoms with Gasteiger partial charge in [-0.2, -0.15) is 0 Å². The first kappa shape index (κ1) is 14.2. The minimum absolute atomic E-state index is 0.0284. The summed E-state index contributed by atoms with van der Waals surface area (Å²) in [6.45, 7) is 4.00. The zero-order valence-electron chi connectivity index (χ0n) is 11.4. The average Bonchev–Trinajstić information content (AvgIpc) is 2.84. The Bertz CT molecular complexity index is 607. The molecule has 1 N–H and O–H groups in total. The number of nitrogens with zero attached hydrogens (tertiary/aromatic N) is 3. The molecule has 0 fully saturated rings. The number of carbonyl (C=O) groups is 1. The highest BCUT2D eigenvalue weighted by Crippen LogP contribution is 2.27. The highest BCUT2D eigenvalue weighted by atomic mass is 19.1. The number of benzene rings is 1. The fourth-order valence-electron chi connectivity index (χ4n) is 2.16. The van der Waals surface area contributed by atoms with Gasteiger partial charge in [-0.1, -0.05) is 18.6 Å². The smallest absolute Gasteiger partial charge is 0.358 e. The van der Waals surface area contributed by atoms with Crippen LogP contribution in [0.3, 0.4) is 0 Å². The number of hydrogen-bond acceptors (Lipinski definition) is 3. The van der Waals surface area contributed by atoms with Crippen molar-refractivity contribution in [1.29, 1.82) is 0 Å². The topological polar surface area (TPSA) is 68.0 Å². The summed E-state index contributed by atoms with van der Waals surface area (Å²) in [4.78, 5) is 11.3. The summed E-state index contributed by atoms with van der Waals surface area (Å²) in [6, 6.07) is 5.69. The molecule has 0 saturated heterocycles. The molecule has 0 amide bonds. The Hall–Kier alpha value is -2.24. The molecule has 1 unspecified atom stereocenters. The minimum Gasteiger partial charge on any atom is -0.476 e. The molecule has 0 aliphatic rings. The van der Waals surface area contributed by atoms with Gasteiger partial charge in [0.15, 0.2) is 5.69 Å². The fourth-order valence-corrected chi connectivity index (χ4v) is 2.16. The van der Waals surface area contributed by atoms with Gasteiger partial charge in [-0.15, -0.1) is 5.10 Å². The molecule has 0 spiro atoms. The summed E-state index contributed by atoms with van der Waals surface area (Å²) < 4.78 is 14.6. The Kier molecular flexibility index (Phi) is 4.12. The number of carboxylic acids is 1. The number of aromatic carboxylic acids is 1. The first-order valence-corrected chi connectivity index (χ1v) is 6.49. The normalized spacial score (nSPS) is 12.3. The predicted octanol–water partition coefficient (Wildman–Crippen LogP) is 3.14. The van der Waals surface area contributed by atoms with Crippen LogP contribution in [0.15, 0.2) is 24.3 Å². The van der Waals surface area contributed by atoms with E-state index >= 15 is 0 Å². The van der Waals surface area contributed by atoms with Crippen molar-refractivity contribution in [2.24, 2.45) is 0 Å². The quantitative estimate of drug-likeness (QED) is 0.911. The Morgan fingerprint density at radius 3 is 2.60 bits per heavy atom. The van der Waals surface area contributed by atoms with Crippen LogP contribution in [0, 0.1) is 5.82 Å². The van der Waals surface area contributed by atoms with Gasteiger partial charge < -0.3 is 5.11 Å². The summed E-state index contributed by atoms with van der Waals surface area (Å²) in [5, 5.41) is 16.9. The van der Waals surface area contributed by atoms with Crippen LogP contribution in [0.2, 0.25) is 0 Å². The molecule has 1 atom stereocenters. The highest BCUT2D eigenvalue weighted by Gasteiger charge is 2.22. The van der Waals surface area contributed by atoms with E-state index in [1.54, 1.807) is 4.68 Å². The van der Waals surface area contributed by atoms with Crippen molar-refractivity contribution in [2.45, 2.75) is 32.7 Å². The second kappa shape index (κ2) is 5.81. The van der Waals surface area contributed by atoms with Crippen molar-refractivity contribution in [3.63, 3.8) is 0 Å². The standard InChI is InChI=1S/C14H16FN3O2/c1-3-4-9(2)18-13(12(14(19)20)16-17-18)10-5-7-11(15)8-6-10/h5-9H,3-4H2,1-2H3,(H,19,20). The largest absolute Gasteiger partial charge is 0.476 e. The summed E-state index contributed by atoms with van der Waals surface area (Å²) >= 11 is 0. The second-order valence-corrected chi connectivity index (χ2v) is 4.68. The lowest BCUT2D eigenvalue weighted by atomic mass is 10.1. The maximum absolute atomic E-state index is 13.0. The molecule has 0 saturated carbocycles. The molecule has 1 aromatic carbocycles. The number of carboxylic acid groups (broad SMARTS) is 1. The van der Waals surface area contributed by atoms with Crippen molar-refractivity contribution in [1.82, 2.24) is 15.0 Å². The molecule has 106 valence electrons. The van der Waals surface area contributed by atoms with Gasteiger partial charge in [0.1, 0.15) is 11.5 Å². The zero-order valence-corrected chi connectivity index (χ0v) is 11.4. The Balaban J connectivity index is 2.55. The van der Waals surface area contributed by atoms with Crippen LogP contribution in [0.5, 0.6) is 0 Å². The van der Waals surface area contributed by atoms with E-state index in [2.05, 4.69) is 10.3 Å². The van der Waals surface area contributed by atoms with Crippen LogP contribution in [0.25, 0.3) is 11.3 Å². The fraction of sp³-hybridized carbons (Fsp3) is 0.357. The second-order valence-electron chi connectivity index (χ2n) is 4.68. The maximum atomic E-state index is 13.0. The lowest BCUT2D eigenvalue weighted by molar-refractivity contribution is 0.0691. The third-order valence-electron chi connectivity index (χ3n) is 3.14. The third-order valence-corrected chi connectivity index (χ3v) is 3.14. The summed E-state index contributed by atoms with van der Waals surface area (Å²) in [6.07, 6.45) is 1.81. The molecule has 5 nitrogen and oxygen atoms in total. The Morgan fingerprint density at radius 2 is 2.05 bits per heavy atom. The van der Waals surface area contributed by atoms with Gasteiger partial charge in [0, 0.05) is 5.56 Å². The van der Waals surface area contributed by atoms with Crippen LogP contribution < -0.4 is 0 Å². The van der Waals surface area contributed by atoms with Gasteiger partial charge in [-0.25, -0.2) is 13.9 Å². The molecule has 20 heavy (non-hydrogen) atoms. The lowest BCUT2D eigenvalue weighted by Crippen LogP contribution is -2.09. The van der Waals surface area contributed by atoms with Gasteiger partial charge in [-0.05, 0) is 37.6 Å². The minimum atomic E-state index is -1.14. The summed E-state index contributed by atoms with van der Waals surface area (Å²) in [5.74, 6) is -1.51. The summed E-state index contributed by atoms with van der Waals surface area (Å²) in [5.41, 5.74) is 0.898. The van der Waals surface area contributed by atoms with E-state index < -0.39 is 5.97 Å². The monoisotopic (exact) mass is 277 g/mol. The highest BCUT2D eigenvalue weighted by molar-refractivity contribution is 5.92. The van der Waals surface area contributed by atoms with E-state index in [0.717, 1.165) is 12.8 Å². The molecular weight excluding hydrogens is 261 g/mol. The molecule has 2 aromatic rings. The van der Waals surface area contributed by atoms with Gasteiger partial charge in [-0.3, -0.25) is 0 Å². The molecule has 0 radical (unpaired) electrons. The van der Waals surface area contributed by atoms with E-state index in [1.165, 1.54) is 24.3 Å². The third kappa shape index (κ3) is 2.68. The van der Waals surface area contributed by atoms with Gasteiger partial charge in [0.25, 0.3) is 0 Å². The van der Waals surface area contributed by atoms with Crippen molar-refractivity contribution in [2.75, 3.05) is 0 Å². The van der Waals surface area contributed by atoms with E-state index in [1.807, 2.05) is 13.8 Å². The zero-order chi connectivity index (χ0) is 14.7.